The van der Waals surface area contributed by atoms with Crippen LogP contribution in [0.4, 0.5) is 0 Å². The lowest BCUT2D eigenvalue weighted by Gasteiger charge is -2.14. The van der Waals surface area contributed by atoms with Gasteiger partial charge in [-0.15, -0.1) is 0 Å². The third kappa shape index (κ3) is 9.49. The van der Waals surface area contributed by atoms with Crippen molar-refractivity contribution in [1.82, 2.24) is 5.32 Å². The maximum Gasteiger partial charge on any atom is 0.0683 e. The highest BCUT2D eigenvalue weighted by Crippen LogP contribution is 2.21. The number of unbranched alkanes of at least 4 members (excludes halogenated alkanes) is 1. The number of nitrogens with zero attached hydrogens (tertiary/aromatic N) is 1. The Morgan fingerprint density at radius 3 is 2.60 bits per heavy atom. The molecular weight excluding hydrogens is 184 g/mol. The van der Waals surface area contributed by atoms with Crippen LogP contribution in [0.2, 0.25) is 0 Å². The van der Waals surface area contributed by atoms with E-state index < -0.39 is 0 Å². The van der Waals surface area contributed by atoms with Crippen LogP contribution in [0.5, 0.6) is 0 Å². The minimum absolute atomic E-state index is 0.148. The minimum atomic E-state index is -0.148. The fourth-order valence-corrected chi connectivity index (χ4v) is 1.35. The maximum atomic E-state index is 8.82. The number of nitriles is 1. The highest BCUT2D eigenvalue weighted by Gasteiger charge is 2.14. The number of nitrogens with one attached hydrogen (secondary N) is 1. The average molecular weight is 208 g/mol. The lowest BCUT2D eigenvalue weighted by molar-refractivity contribution is 0.423. The van der Waals surface area contributed by atoms with Crippen molar-refractivity contribution in [2.75, 3.05) is 13.1 Å². The maximum absolute atomic E-state index is 8.82. The van der Waals surface area contributed by atoms with Gasteiger partial charge in [0.25, 0.3) is 0 Å². The Bertz CT molecular complexity index is 211. The summed E-state index contributed by atoms with van der Waals surface area (Å²) in [7, 11) is 0. The summed E-state index contributed by atoms with van der Waals surface area (Å²) in [6, 6.07) is 2.33. The van der Waals surface area contributed by atoms with Gasteiger partial charge in [-0.25, -0.2) is 0 Å². The van der Waals surface area contributed by atoms with Crippen LogP contribution in [-0.2, 0) is 0 Å². The molecule has 15 heavy (non-hydrogen) atoms. The summed E-state index contributed by atoms with van der Waals surface area (Å²) in [6.07, 6.45) is 8.67. The second kappa shape index (κ2) is 8.49. The van der Waals surface area contributed by atoms with E-state index in [-0.39, 0.29) is 5.41 Å². The molecule has 0 aliphatic rings. The predicted molar refractivity (Wildman–Crippen MR) is 65.5 cm³/mol. The van der Waals surface area contributed by atoms with Gasteiger partial charge in [-0.3, -0.25) is 0 Å². The lowest BCUT2D eigenvalue weighted by Crippen LogP contribution is -2.17. The van der Waals surface area contributed by atoms with E-state index in [1.54, 1.807) is 0 Å². The number of hydrogen-bond acceptors (Lipinski definition) is 2. The monoisotopic (exact) mass is 208 g/mol. The van der Waals surface area contributed by atoms with Crippen LogP contribution in [-0.4, -0.2) is 13.1 Å². The third-order valence-electron chi connectivity index (χ3n) is 2.43. The number of hydrogen-bond donors (Lipinski definition) is 1. The molecule has 0 unspecified atom stereocenters. The molecule has 0 saturated heterocycles. The van der Waals surface area contributed by atoms with Crippen molar-refractivity contribution in [2.24, 2.45) is 5.41 Å². The molecule has 0 saturated carbocycles. The van der Waals surface area contributed by atoms with Crippen molar-refractivity contribution in [1.29, 1.82) is 5.26 Å². The summed E-state index contributed by atoms with van der Waals surface area (Å²) < 4.78 is 0. The van der Waals surface area contributed by atoms with Gasteiger partial charge in [0.2, 0.25) is 0 Å². The molecule has 0 aliphatic carbocycles. The molecule has 0 atom stereocenters. The molecule has 0 rings (SSSR count). The zero-order valence-electron chi connectivity index (χ0n) is 10.3. The Kier molecular flexibility index (Phi) is 8.04. The third-order valence-corrected chi connectivity index (χ3v) is 2.43. The number of rotatable bonds is 8. The predicted octanol–water partition coefficient (Wildman–Crippen LogP) is 3.26. The molecule has 0 radical (unpaired) electrons. The van der Waals surface area contributed by atoms with Gasteiger partial charge in [0.1, 0.15) is 0 Å². The van der Waals surface area contributed by atoms with Crippen LogP contribution in [0.3, 0.4) is 0 Å². The standard InChI is InChI=1S/C13H24N2/c1-4-5-7-10-15-11-8-6-9-13(2,3)12-14/h4-5,15H,6-11H2,1-3H3/b5-4+. The Hall–Kier alpha value is -0.810. The van der Waals surface area contributed by atoms with Crippen LogP contribution < -0.4 is 5.32 Å². The first kappa shape index (κ1) is 14.2. The minimum Gasteiger partial charge on any atom is -0.316 e. The van der Waals surface area contributed by atoms with E-state index in [9.17, 15) is 0 Å². The average Bonchev–Trinajstić information content (AvgIpc) is 2.22. The van der Waals surface area contributed by atoms with Crippen LogP contribution in [0.25, 0.3) is 0 Å². The normalized spacial score (nSPS) is 11.9. The van der Waals surface area contributed by atoms with Crippen molar-refractivity contribution in [3.63, 3.8) is 0 Å². The molecule has 0 aromatic rings. The van der Waals surface area contributed by atoms with Crippen LogP contribution in [0.15, 0.2) is 12.2 Å². The van der Waals surface area contributed by atoms with Crippen LogP contribution in [0, 0.1) is 16.7 Å². The van der Waals surface area contributed by atoms with Gasteiger partial charge >= 0.3 is 0 Å². The van der Waals surface area contributed by atoms with Gasteiger partial charge in [0.15, 0.2) is 0 Å². The highest BCUT2D eigenvalue weighted by molar-refractivity contribution is 4.91. The van der Waals surface area contributed by atoms with Crippen molar-refractivity contribution in [2.45, 2.75) is 46.5 Å². The van der Waals surface area contributed by atoms with E-state index in [1.165, 1.54) is 6.42 Å². The second-order valence-corrected chi connectivity index (χ2v) is 4.56. The number of allylic oxidation sites excluding steroid dienone is 1. The molecule has 0 heterocycles. The summed E-state index contributed by atoms with van der Waals surface area (Å²) in [4.78, 5) is 0. The molecule has 2 nitrogen and oxygen atoms in total. The van der Waals surface area contributed by atoms with Crippen LogP contribution >= 0.6 is 0 Å². The zero-order chi connectivity index (χ0) is 11.6. The van der Waals surface area contributed by atoms with E-state index >= 15 is 0 Å². The molecule has 0 bridgehead atoms. The molecule has 0 aliphatic heterocycles. The van der Waals surface area contributed by atoms with E-state index in [2.05, 4.69) is 23.5 Å². The largest absolute Gasteiger partial charge is 0.316 e. The SMILES string of the molecule is C/C=C/CCNCCCCC(C)(C)C#N. The Labute approximate surface area is 94.4 Å². The van der Waals surface area contributed by atoms with Gasteiger partial charge in [-0.2, -0.15) is 5.26 Å². The van der Waals surface area contributed by atoms with Crippen molar-refractivity contribution in [3.8, 4) is 6.07 Å². The molecular formula is C13H24N2. The summed E-state index contributed by atoms with van der Waals surface area (Å²) in [5.74, 6) is 0. The molecule has 0 amide bonds. The summed E-state index contributed by atoms with van der Waals surface area (Å²) in [5.41, 5.74) is -0.148. The summed E-state index contributed by atoms with van der Waals surface area (Å²) in [5, 5.41) is 12.2. The van der Waals surface area contributed by atoms with Crippen molar-refractivity contribution in [3.05, 3.63) is 12.2 Å². The molecule has 86 valence electrons. The zero-order valence-corrected chi connectivity index (χ0v) is 10.3. The fraction of sp³-hybridized carbons (Fsp3) is 0.769. The van der Waals surface area contributed by atoms with Gasteiger partial charge in [-0.1, -0.05) is 18.6 Å². The lowest BCUT2D eigenvalue weighted by atomic mass is 9.89. The first-order chi connectivity index (χ1) is 7.12. The molecule has 0 aromatic heterocycles. The second-order valence-electron chi connectivity index (χ2n) is 4.56. The summed E-state index contributed by atoms with van der Waals surface area (Å²) in [6.45, 7) is 8.19. The smallest absolute Gasteiger partial charge is 0.0683 e. The Morgan fingerprint density at radius 2 is 2.00 bits per heavy atom. The molecule has 1 N–H and O–H groups in total. The highest BCUT2D eigenvalue weighted by atomic mass is 14.8. The Morgan fingerprint density at radius 1 is 1.27 bits per heavy atom. The first-order valence-corrected chi connectivity index (χ1v) is 5.85. The fourth-order valence-electron chi connectivity index (χ4n) is 1.35. The van der Waals surface area contributed by atoms with Crippen LogP contribution in [0.1, 0.15) is 46.5 Å². The van der Waals surface area contributed by atoms with Gasteiger partial charge in [-0.05, 0) is 53.1 Å². The van der Waals surface area contributed by atoms with Gasteiger partial charge < -0.3 is 5.32 Å². The van der Waals surface area contributed by atoms with Crippen molar-refractivity contribution < 1.29 is 0 Å². The van der Waals surface area contributed by atoms with Crippen molar-refractivity contribution >= 4 is 0 Å². The quantitative estimate of drug-likeness (QED) is 0.491. The Balaban J connectivity index is 3.23. The molecule has 2 heteroatoms. The first-order valence-electron chi connectivity index (χ1n) is 5.85. The molecule has 0 aromatic carbocycles. The van der Waals surface area contributed by atoms with E-state index in [0.717, 1.165) is 32.4 Å². The topological polar surface area (TPSA) is 35.8 Å². The van der Waals surface area contributed by atoms with Gasteiger partial charge in [0.05, 0.1) is 11.5 Å². The van der Waals surface area contributed by atoms with E-state index in [4.69, 9.17) is 5.26 Å². The van der Waals surface area contributed by atoms with Gasteiger partial charge in [0, 0.05) is 0 Å². The molecule has 0 fully saturated rings. The molecule has 0 spiro atoms. The van der Waals surface area contributed by atoms with E-state index in [0.29, 0.717) is 0 Å². The van der Waals surface area contributed by atoms with E-state index in [1.807, 2.05) is 20.8 Å². The summed E-state index contributed by atoms with van der Waals surface area (Å²) >= 11 is 0.